The molecule has 4 rings (SSSR count). The Morgan fingerprint density at radius 3 is 2.96 bits per heavy atom. The van der Waals surface area contributed by atoms with Gasteiger partial charge in [-0.1, -0.05) is 0 Å². The predicted molar refractivity (Wildman–Crippen MR) is 94.3 cm³/mol. The Labute approximate surface area is 147 Å². The molecule has 3 aliphatic rings. The lowest BCUT2D eigenvalue weighted by atomic mass is 9.58. The summed E-state index contributed by atoms with van der Waals surface area (Å²) in [5.41, 5.74) is 1.17. The molecule has 4 nitrogen and oxygen atoms in total. The molecule has 1 saturated heterocycles. The van der Waals surface area contributed by atoms with E-state index < -0.39 is 0 Å². The number of carbonyl (C=O) groups excluding carboxylic acids is 1. The maximum absolute atomic E-state index is 13.1. The second kappa shape index (κ2) is 6.43. The molecule has 1 saturated carbocycles. The molecule has 2 aliphatic carbocycles. The van der Waals surface area contributed by atoms with Crippen molar-refractivity contribution in [2.24, 2.45) is 5.41 Å². The maximum Gasteiger partial charge on any atom is 0.230 e. The maximum atomic E-state index is 13.1. The number of aliphatic hydroxyl groups is 1. The van der Waals surface area contributed by atoms with Crippen LogP contribution in [0.5, 0.6) is 0 Å². The van der Waals surface area contributed by atoms with E-state index in [9.17, 15) is 9.90 Å². The van der Waals surface area contributed by atoms with E-state index in [1.54, 1.807) is 11.3 Å². The van der Waals surface area contributed by atoms with E-state index in [0.717, 1.165) is 51.6 Å². The highest BCUT2D eigenvalue weighted by Gasteiger charge is 2.56. The molecule has 1 aromatic heterocycles. The molecular weight excluding hydrogens is 322 g/mol. The third-order valence-corrected chi connectivity index (χ3v) is 7.46. The van der Waals surface area contributed by atoms with E-state index >= 15 is 0 Å². The van der Waals surface area contributed by atoms with E-state index in [-0.39, 0.29) is 23.5 Å². The normalized spacial score (nSPS) is 31.6. The van der Waals surface area contributed by atoms with Crippen molar-refractivity contribution in [3.63, 3.8) is 0 Å². The first-order valence-corrected chi connectivity index (χ1v) is 10.2. The van der Waals surface area contributed by atoms with Crippen molar-refractivity contribution in [3.8, 4) is 0 Å². The van der Waals surface area contributed by atoms with Crippen LogP contribution in [-0.4, -0.2) is 47.8 Å². The van der Waals surface area contributed by atoms with Gasteiger partial charge in [-0.2, -0.15) is 0 Å². The van der Waals surface area contributed by atoms with Gasteiger partial charge in [-0.05, 0) is 56.0 Å². The van der Waals surface area contributed by atoms with Crippen molar-refractivity contribution in [3.05, 3.63) is 21.9 Å². The number of hydrogen-bond donors (Lipinski definition) is 1. The Kier molecular flexibility index (Phi) is 4.43. The fraction of sp³-hybridized carbons (Fsp3) is 0.737. The van der Waals surface area contributed by atoms with Gasteiger partial charge in [-0.25, -0.2) is 0 Å². The number of rotatable bonds is 3. The fourth-order valence-corrected chi connectivity index (χ4v) is 5.91. The van der Waals surface area contributed by atoms with Crippen molar-refractivity contribution in [2.75, 3.05) is 19.7 Å². The van der Waals surface area contributed by atoms with Crippen LogP contribution in [0.3, 0.4) is 0 Å². The van der Waals surface area contributed by atoms with Gasteiger partial charge in [-0.3, -0.25) is 4.79 Å². The third kappa shape index (κ3) is 2.52. The van der Waals surface area contributed by atoms with Gasteiger partial charge in [0.1, 0.15) is 0 Å². The largest absolute Gasteiger partial charge is 0.392 e. The van der Waals surface area contributed by atoms with Crippen LogP contribution in [0, 0.1) is 5.41 Å². The Hall–Kier alpha value is -0.910. The molecule has 2 heterocycles. The summed E-state index contributed by atoms with van der Waals surface area (Å²) >= 11 is 1.79. The highest BCUT2D eigenvalue weighted by molar-refractivity contribution is 7.10. The van der Waals surface area contributed by atoms with Crippen molar-refractivity contribution in [1.82, 2.24) is 4.90 Å². The zero-order valence-electron chi connectivity index (χ0n) is 14.4. The molecule has 2 fully saturated rings. The minimum absolute atomic E-state index is 0.0584. The number of amides is 1. The summed E-state index contributed by atoms with van der Waals surface area (Å²) in [5.74, 6) is 0.356. The van der Waals surface area contributed by atoms with E-state index in [2.05, 4.69) is 11.4 Å². The number of piperidine rings is 1. The summed E-state index contributed by atoms with van der Waals surface area (Å²) in [6.45, 7) is 4.23. The minimum atomic E-state index is -0.260. The SMILES string of the molecule is CCOC1CC(O)C12CCN(C(=O)C1CCCc3sccc31)CC2. The number of aliphatic hydroxyl groups excluding tert-OH is 1. The van der Waals surface area contributed by atoms with Crippen molar-refractivity contribution in [1.29, 1.82) is 0 Å². The molecule has 3 atom stereocenters. The molecule has 24 heavy (non-hydrogen) atoms. The summed E-state index contributed by atoms with van der Waals surface area (Å²) in [6, 6.07) is 2.15. The van der Waals surface area contributed by atoms with E-state index in [0.29, 0.717) is 12.5 Å². The number of fused-ring (bicyclic) bond motifs is 1. The van der Waals surface area contributed by atoms with E-state index in [1.807, 2.05) is 11.8 Å². The lowest BCUT2D eigenvalue weighted by Gasteiger charge is -2.56. The number of likely N-dealkylation sites (tertiary alicyclic amines) is 1. The first kappa shape index (κ1) is 16.6. The van der Waals surface area contributed by atoms with Gasteiger partial charge < -0.3 is 14.7 Å². The molecule has 1 spiro atoms. The van der Waals surface area contributed by atoms with Crippen LogP contribution in [-0.2, 0) is 16.0 Å². The van der Waals surface area contributed by atoms with Crippen LogP contribution in [0.15, 0.2) is 11.4 Å². The van der Waals surface area contributed by atoms with E-state index in [4.69, 9.17) is 4.74 Å². The molecule has 1 aromatic rings. The van der Waals surface area contributed by atoms with Gasteiger partial charge in [0.2, 0.25) is 5.91 Å². The summed E-state index contributed by atoms with van der Waals surface area (Å²) in [6.07, 6.45) is 5.63. The van der Waals surface area contributed by atoms with Crippen molar-refractivity contribution < 1.29 is 14.6 Å². The summed E-state index contributed by atoms with van der Waals surface area (Å²) < 4.78 is 5.83. The Balaban J connectivity index is 1.42. The van der Waals surface area contributed by atoms with Crippen molar-refractivity contribution in [2.45, 2.75) is 63.6 Å². The van der Waals surface area contributed by atoms with Crippen LogP contribution >= 0.6 is 11.3 Å². The first-order valence-electron chi connectivity index (χ1n) is 9.30. The number of aryl methyl sites for hydroxylation is 1. The first-order chi connectivity index (χ1) is 11.7. The molecule has 3 unspecified atom stereocenters. The van der Waals surface area contributed by atoms with Gasteiger partial charge in [-0.15, -0.1) is 11.3 Å². The fourth-order valence-electron chi connectivity index (χ4n) is 4.92. The van der Waals surface area contributed by atoms with Gasteiger partial charge in [0.05, 0.1) is 18.1 Å². The smallest absolute Gasteiger partial charge is 0.230 e. The van der Waals surface area contributed by atoms with Gasteiger partial charge in [0, 0.05) is 36.4 Å². The van der Waals surface area contributed by atoms with Crippen LogP contribution in [0.2, 0.25) is 0 Å². The average Bonchev–Trinajstić information content (AvgIpc) is 3.10. The third-order valence-electron chi connectivity index (χ3n) is 6.47. The quantitative estimate of drug-likeness (QED) is 0.913. The molecular formula is C19H27NO3S. The average molecular weight is 349 g/mol. The molecule has 0 aromatic carbocycles. The minimum Gasteiger partial charge on any atom is -0.392 e. The highest BCUT2D eigenvalue weighted by Crippen LogP contribution is 2.51. The number of hydrogen-bond acceptors (Lipinski definition) is 4. The summed E-state index contributed by atoms with van der Waals surface area (Å²) in [7, 11) is 0. The Morgan fingerprint density at radius 1 is 1.46 bits per heavy atom. The number of ether oxygens (including phenoxy) is 1. The number of carbonyl (C=O) groups is 1. The van der Waals surface area contributed by atoms with Gasteiger partial charge >= 0.3 is 0 Å². The molecule has 132 valence electrons. The van der Waals surface area contributed by atoms with Gasteiger partial charge in [0.15, 0.2) is 0 Å². The number of thiophene rings is 1. The topological polar surface area (TPSA) is 49.8 Å². The molecule has 0 radical (unpaired) electrons. The van der Waals surface area contributed by atoms with Gasteiger partial charge in [0.25, 0.3) is 0 Å². The lowest BCUT2D eigenvalue weighted by molar-refractivity contribution is -0.210. The zero-order chi connectivity index (χ0) is 16.7. The van der Waals surface area contributed by atoms with Crippen molar-refractivity contribution >= 4 is 17.2 Å². The molecule has 1 amide bonds. The second-order valence-corrected chi connectivity index (χ2v) is 8.50. The monoisotopic (exact) mass is 349 g/mol. The molecule has 0 bridgehead atoms. The van der Waals surface area contributed by atoms with Crippen LogP contribution in [0.1, 0.15) is 55.4 Å². The zero-order valence-corrected chi connectivity index (χ0v) is 15.2. The van der Waals surface area contributed by atoms with E-state index in [1.165, 1.54) is 10.4 Å². The molecule has 1 N–H and O–H groups in total. The van der Waals surface area contributed by atoms with Crippen LogP contribution in [0.25, 0.3) is 0 Å². The predicted octanol–water partition coefficient (Wildman–Crippen LogP) is 2.95. The Morgan fingerprint density at radius 2 is 2.25 bits per heavy atom. The summed E-state index contributed by atoms with van der Waals surface area (Å²) in [5, 5.41) is 12.4. The van der Waals surface area contributed by atoms with Crippen LogP contribution < -0.4 is 0 Å². The highest BCUT2D eigenvalue weighted by atomic mass is 32.1. The standard InChI is InChI=1S/C19H27NO3S/c1-2-23-17-12-16(21)19(17)7-9-20(10-8-19)18(22)14-4-3-5-15-13(14)6-11-24-15/h6,11,14,16-17,21H,2-5,7-10,12H2,1H3. The summed E-state index contributed by atoms with van der Waals surface area (Å²) in [4.78, 5) is 16.5. The molecule has 5 heteroatoms. The molecule has 1 aliphatic heterocycles. The number of nitrogens with zero attached hydrogens (tertiary/aromatic N) is 1. The van der Waals surface area contributed by atoms with Crippen LogP contribution in [0.4, 0.5) is 0 Å². The lowest BCUT2D eigenvalue weighted by Crippen LogP contribution is -2.63. The second-order valence-electron chi connectivity index (χ2n) is 7.50. The Bertz CT molecular complexity index is 604.